The first-order valence-electron chi connectivity index (χ1n) is 7.26. The van der Waals surface area contributed by atoms with Crippen molar-refractivity contribution in [3.63, 3.8) is 0 Å². The standard InChI is InChI=1S/C14H30N2O2/c1-5-7-15-13(12-17-6-2)14(3,4)16-8-10-18-11-9-16/h13,15H,5-12H2,1-4H3. The summed E-state index contributed by atoms with van der Waals surface area (Å²) < 4.78 is 11.1. The Kier molecular flexibility index (Phi) is 7.15. The monoisotopic (exact) mass is 258 g/mol. The first-order valence-corrected chi connectivity index (χ1v) is 7.26. The molecule has 1 saturated heterocycles. The molecule has 4 heteroatoms. The Balaban J connectivity index is 2.60. The molecule has 1 aliphatic rings. The average Bonchev–Trinajstić information content (AvgIpc) is 2.39. The highest BCUT2D eigenvalue weighted by atomic mass is 16.5. The van der Waals surface area contributed by atoms with E-state index in [9.17, 15) is 0 Å². The van der Waals surface area contributed by atoms with Gasteiger partial charge in [0.15, 0.2) is 0 Å². The summed E-state index contributed by atoms with van der Waals surface area (Å²) in [5.41, 5.74) is 0.105. The van der Waals surface area contributed by atoms with Gasteiger partial charge in [-0.1, -0.05) is 6.92 Å². The molecule has 0 bridgehead atoms. The lowest BCUT2D eigenvalue weighted by molar-refractivity contribution is -0.0367. The van der Waals surface area contributed by atoms with Crippen LogP contribution in [-0.4, -0.2) is 62.5 Å². The van der Waals surface area contributed by atoms with Gasteiger partial charge in [0.2, 0.25) is 0 Å². The maximum atomic E-state index is 5.65. The summed E-state index contributed by atoms with van der Waals surface area (Å²) in [6.45, 7) is 15.2. The second-order valence-electron chi connectivity index (χ2n) is 5.42. The minimum atomic E-state index is 0.105. The van der Waals surface area contributed by atoms with E-state index in [0.717, 1.165) is 52.5 Å². The fourth-order valence-electron chi connectivity index (χ4n) is 2.43. The molecule has 0 aromatic rings. The van der Waals surface area contributed by atoms with Crippen LogP contribution in [0.25, 0.3) is 0 Å². The molecule has 0 spiro atoms. The van der Waals surface area contributed by atoms with Crippen molar-refractivity contribution in [1.29, 1.82) is 0 Å². The van der Waals surface area contributed by atoms with Crippen molar-refractivity contribution in [1.82, 2.24) is 10.2 Å². The largest absolute Gasteiger partial charge is 0.380 e. The third-order valence-electron chi connectivity index (χ3n) is 3.81. The Hall–Kier alpha value is -0.160. The molecule has 4 nitrogen and oxygen atoms in total. The zero-order valence-corrected chi connectivity index (χ0v) is 12.5. The minimum Gasteiger partial charge on any atom is -0.380 e. The van der Waals surface area contributed by atoms with E-state index < -0.39 is 0 Å². The molecule has 1 rings (SSSR count). The highest BCUT2D eigenvalue weighted by molar-refractivity contribution is 4.94. The summed E-state index contributed by atoms with van der Waals surface area (Å²) in [5, 5.41) is 3.63. The van der Waals surface area contributed by atoms with Crippen molar-refractivity contribution in [2.24, 2.45) is 0 Å². The molecule has 18 heavy (non-hydrogen) atoms. The maximum absolute atomic E-state index is 5.65. The zero-order valence-electron chi connectivity index (χ0n) is 12.5. The van der Waals surface area contributed by atoms with Gasteiger partial charge < -0.3 is 14.8 Å². The average molecular weight is 258 g/mol. The van der Waals surface area contributed by atoms with Crippen LogP contribution >= 0.6 is 0 Å². The quantitative estimate of drug-likeness (QED) is 0.715. The predicted molar refractivity (Wildman–Crippen MR) is 75.0 cm³/mol. The van der Waals surface area contributed by atoms with Gasteiger partial charge in [0.1, 0.15) is 0 Å². The molecule has 108 valence electrons. The fraction of sp³-hybridized carbons (Fsp3) is 1.00. The molecule has 1 aliphatic heterocycles. The van der Waals surface area contributed by atoms with Crippen LogP contribution in [0, 0.1) is 0 Å². The fourth-order valence-corrected chi connectivity index (χ4v) is 2.43. The van der Waals surface area contributed by atoms with Crippen LogP contribution in [0.1, 0.15) is 34.1 Å². The van der Waals surface area contributed by atoms with Gasteiger partial charge >= 0.3 is 0 Å². The lowest BCUT2D eigenvalue weighted by Crippen LogP contribution is -2.62. The van der Waals surface area contributed by atoms with Crippen LogP contribution < -0.4 is 5.32 Å². The van der Waals surface area contributed by atoms with Crippen LogP contribution in [0.3, 0.4) is 0 Å². The van der Waals surface area contributed by atoms with Crippen molar-refractivity contribution in [3.05, 3.63) is 0 Å². The Morgan fingerprint density at radius 3 is 2.50 bits per heavy atom. The molecule has 0 radical (unpaired) electrons. The van der Waals surface area contributed by atoms with Gasteiger partial charge in [0, 0.05) is 31.3 Å². The van der Waals surface area contributed by atoms with Crippen LogP contribution in [0.5, 0.6) is 0 Å². The minimum absolute atomic E-state index is 0.105. The summed E-state index contributed by atoms with van der Waals surface area (Å²) in [5.74, 6) is 0. The third-order valence-corrected chi connectivity index (χ3v) is 3.81. The van der Waals surface area contributed by atoms with Gasteiger partial charge in [0.05, 0.1) is 19.8 Å². The lowest BCUT2D eigenvalue weighted by Gasteiger charge is -2.46. The van der Waals surface area contributed by atoms with Crippen molar-refractivity contribution in [3.8, 4) is 0 Å². The number of ether oxygens (including phenoxy) is 2. The highest BCUT2D eigenvalue weighted by Gasteiger charge is 2.35. The summed E-state index contributed by atoms with van der Waals surface area (Å²) in [7, 11) is 0. The molecule has 1 N–H and O–H groups in total. The number of nitrogens with one attached hydrogen (secondary N) is 1. The molecule has 0 aromatic heterocycles. The van der Waals surface area contributed by atoms with Crippen LogP contribution in [-0.2, 0) is 9.47 Å². The summed E-state index contributed by atoms with van der Waals surface area (Å²) in [6.07, 6.45) is 1.15. The summed E-state index contributed by atoms with van der Waals surface area (Å²) in [4.78, 5) is 2.52. The number of nitrogens with zero attached hydrogens (tertiary/aromatic N) is 1. The molecule has 1 atom stereocenters. The van der Waals surface area contributed by atoms with E-state index in [1.807, 2.05) is 0 Å². The summed E-state index contributed by atoms with van der Waals surface area (Å²) >= 11 is 0. The van der Waals surface area contributed by atoms with E-state index >= 15 is 0 Å². The first-order chi connectivity index (χ1) is 8.62. The van der Waals surface area contributed by atoms with E-state index in [1.54, 1.807) is 0 Å². The molecule has 0 aliphatic carbocycles. The van der Waals surface area contributed by atoms with Crippen molar-refractivity contribution < 1.29 is 9.47 Å². The number of rotatable bonds is 8. The van der Waals surface area contributed by atoms with Crippen LogP contribution in [0.4, 0.5) is 0 Å². The molecule has 1 fully saturated rings. The van der Waals surface area contributed by atoms with Crippen molar-refractivity contribution in [2.75, 3.05) is 46.1 Å². The predicted octanol–water partition coefficient (Wildman–Crippen LogP) is 1.50. The van der Waals surface area contributed by atoms with Gasteiger partial charge in [0.25, 0.3) is 0 Å². The number of hydrogen-bond acceptors (Lipinski definition) is 4. The van der Waals surface area contributed by atoms with E-state index in [-0.39, 0.29) is 5.54 Å². The third kappa shape index (κ3) is 4.50. The highest BCUT2D eigenvalue weighted by Crippen LogP contribution is 2.21. The number of hydrogen-bond donors (Lipinski definition) is 1. The molecule has 0 saturated carbocycles. The van der Waals surface area contributed by atoms with E-state index in [0.29, 0.717) is 6.04 Å². The Bertz CT molecular complexity index is 208. The lowest BCUT2D eigenvalue weighted by atomic mass is 9.92. The molecular weight excluding hydrogens is 228 g/mol. The second kappa shape index (κ2) is 8.10. The van der Waals surface area contributed by atoms with Gasteiger partial charge in [-0.2, -0.15) is 0 Å². The first kappa shape index (κ1) is 15.9. The van der Waals surface area contributed by atoms with Crippen LogP contribution in [0.2, 0.25) is 0 Å². The van der Waals surface area contributed by atoms with E-state index in [1.165, 1.54) is 0 Å². The SMILES string of the molecule is CCCNC(COCC)C(C)(C)N1CCOCC1. The Morgan fingerprint density at radius 1 is 1.28 bits per heavy atom. The summed E-state index contributed by atoms with van der Waals surface area (Å²) in [6, 6.07) is 0.371. The van der Waals surface area contributed by atoms with Gasteiger partial charge in [-0.25, -0.2) is 0 Å². The normalized spacial score (nSPS) is 20.0. The smallest absolute Gasteiger partial charge is 0.0637 e. The zero-order chi connectivity index (χ0) is 13.4. The molecule has 1 unspecified atom stereocenters. The molecular formula is C14H30N2O2. The van der Waals surface area contributed by atoms with Gasteiger partial charge in [-0.05, 0) is 33.7 Å². The van der Waals surface area contributed by atoms with E-state index in [4.69, 9.17) is 9.47 Å². The van der Waals surface area contributed by atoms with Crippen molar-refractivity contribution in [2.45, 2.75) is 45.7 Å². The van der Waals surface area contributed by atoms with Gasteiger partial charge in [-0.3, -0.25) is 4.90 Å². The number of morpholine rings is 1. The molecule has 0 aromatic carbocycles. The molecule has 0 amide bonds. The van der Waals surface area contributed by atoms with Crippen molar-refractivity contribution >= 4 is 0 Å². The second-order valence-corrected chi connectivity index (χ2v) is 5.42. The van der Waals surface area contributed by atoms with E-state index in [2.05, 4.69) is 37.9 Å². The Labute approximate surface area is 112 Å². The maximum Gasteiger partial charge on any atom is 0.0637 e. The van der Waals surface area contributed by atoms with Crippen LogP contribution in [0.15, 0.2) is 0 Å². The van der Waals surface area contributed by atoms with Gasteiger partial charge in [-0.15, -0.1) is 0 Å². The molecule has 1 heterocycles. The topological polar surface area (TPSA) is 33.7 Å². The Morgan fingerprint density at radius 2 is 1.94 bits per heavy atom.